The van der Waals surface area contributed by atoms with Gasteiger partial charge in [0.25, 0.3) is 0 Å². The van der Waals surface area contributed by atoms with Crippen LogP contribution in [0.3, 0.4) is 0 Å². The third-order valence-corrected chi connectivity index (χ3v) is 3.93. The molecule has 2 atom stereocenters. The first kappa shape index (κ1) is 11.7. The Bertz CT molecular complexity index is 354. The number of hydrogen-bond donors (Lipinski definition) is 1. The monoisotopic (exact) mass is 217 g/mol. The lowest BCUT2D eigenvalue weighted by Gasteiger charge is -2.19. The van der Waals surface area contributed by atoms with E-state index in [1.165, 1.54) is 31.2 Å². The van der Waals surface area contributed by atoms with E-state index in [4.69, 9.17) is 5.73 Å². The van der Waals surface area contributed by atoms with Crippen LogP contribution >= 0.6 is 0 Å². The molecule has 1 aliphatic rings. The summed E-state index contributed by atoms with van der Waals surface area (Å²) in [6.45, 7) is 4.36. The van der Waals surface area contributed by atoms with Crippen LogP contribution in [0.4, 0.5) is 0 Å². The third-order valence-electron chi connectivity index (χ3n) is 3.93. The Kier molecular flexibility index (Phi) is 3.65. The van der Waals surface area contributed by atoms with Crippen LogP contribution in [0, 0.1) is 5.92 Å². The molecule has 0 heterocycles. The van der Waals surface area contributed by atoms with Crippen LogP contribution in [-0.4, -0.2) is 6.04 Å². The van der Waals surface area contributed by atoms with Crippen molar-refractivity contribution in [1.82, 2.24) is 0 Å². The zero-order chi connectivity index (χ0) is 11.5. The SMILES string of the molecule is CCC(Cc1ccc2c(c1)CCC2)C(C)N. The second-order valence-electron chi connectivity index (χ2n) is 5.19. The predicted octanol–water partition coefficient (Wildman–Crippen LogP) is 3.09. The van der Waals surface area contributed by atoms with Gasteiger partial charge in [-0.2, -0.15) is 0 Å². The van der Waals surface area contributed by atoms with Gasteiger partial charge in [-0.3, -0.25) is 0 Å². The van der Waals surface area contributed by atoms with Crippen LogP contribution in [0.15, 0.2) is 18.2 Å². The van der Waals surface area contributed by atoms with Gasteiger partial charge < -0.3 is 5.73 Å². The van der Waals surface area contributed by atoms with Crippen molar-refractivity contribution in [2.45, 2.75) is 52.0 Å². The lowest BCUT2D eigenvalue weighted by Crippen LogP contribution is -2.27. The molecule has 16 heavy (non-hydrogen) atoms. The second-order valence-corrected chi connectivity index (χ2v) is 5.19. The molecule has 0 aliphatic heterocycles. The van der Waals surface area contributed by atoms with E-state index in [-0.39, 0.29) is 0 Å². The van der Waals surface area contributed by atoms with Gasteiger partial charge in [0, 0.05) is 6.04 Å². The highest BCUT2D eigenvalue weighted by atomic mass is 14.6. The van der Waals surface area contributed by atoms with Gasteiger partial charge in [0.2, 0.25) is 0 Å². The van der Waals surface area contributed by atoms with Crippen molar-refractivity contribution in [2.75, 3.05) is 0 Å². The zero-order valence-corrected chi connectivity index (χ0v) is 10.5. The summed E-state index contributed by atoms with van der Waals surface area (Å²) in [4.78, 5) is 0. The van der Waals surface area contributed by atoms with Gasteiger partial charge in [-0.15, -0.1) is 0 Å². The van der Waals surface area contributed by atoms with Gasteiger partial charge in [0.05, 0.1) is 0 Å². The molecule has 0 fully saturated rings. The van der Waals surface area contributed by atoms with Crippen LogP contribution in [0.25, 0.3) is 0 Å². The molecule has 1 nitrogen and oxygen atoms in total. The molecule has 88 valence electrons. The van der Waals surface area contributed by atoms with E-state index in [1.807, 2.05) is 0 Å². The van der Waals surface area contributed by atoms with Gasteiger partial charge >= 0.3 is 0 Å². The first-order chi connectivity index (χ1) is 7.70. The van der Waals surface area contributed by atoms with Crippen molar-refractivity contribution in [2.24, 2.45) is 11.7 Å². The summed E-state index contributed by atoms with van der Waals surface area (Å²) < 4.78 is 0. The summed E-state index contributed by atoms with van der Waals surface area (Å²) in [6, 6.07) is 7.34. The summed E-state index contributed by atoms with van der Waals surface area (Å²) >= 11 is 0. The van der Waals surface area contributed by atoms with Gasteiger partial charge in [-0.1, -0.05) is 31.5 Å². The molecule has 0 amide bonds. The molecular weight excluding hydrogens is 194 g/mol. The number of nitrogens with two attached hydrogens (primary N) is 1. The Morgan fingerprint density at radius 2 is 2.00 bits per heavy atom. The highest BCUT2D eigenvalue weighted by molar-refractivity contribution is 5.35. The van der Waals surface area contributed by atoms with Crippen molar-refractivity contribution < 1.29 is 0 Å². The second kappa shape index (κ2) is 5.01. The average molecular weight is 217 g/mol. The van der Waals surface area contributed by atoms with Gasteiger partial charge in [0.1, 0.15) is 0 Å². The standard InChI is InChI=1S/C15H23N/c1-3-13(11(2)16)9-12-7-8-14-5-4-6-15(14)10-12/h7-8,10-11,13H,3-6,9,16H2,1-2H3. The maximum absolute atomic E-state index is 6.01. The Morgan fingerprint density at radius 1 is 1.25 bits per heavy atom. The molecule has 2 rings (SSSR count). The Labute approximate surface area is 99.0 Å². The fraction of sp³-hybridized carbons (Fsp3) is 0.600. The normalized spacial score (nSPS) is 18.2. The Hall–Kier alpha value is -0.820. The summed E-state index contributed by atoms with van der Waals surface area (Å²) in [7, 11) is 0. The van der Waals surface area contributed by atoms with E-state index < -0.39 is 0 Å². The molecule has 2 N–H and O–H groups in total. The maximum Gasteiger partial charge on any atom is 0.00418 e. The Balaban J connectivity index is 2.10. The molecule has 1 aromatic carbocycles. The number of hydrogen-bond acceptors (Lipinski definition) is 1. The van der Waals surface area contributed by atoms with E-state index in [0.29, 0.717) is 12.0 Å². The average Bonchev–Trinajstić information content (AvgIpc) is 2.72. The summed E-state index contributed by atoms with van der Waals surface area (Å²) in [6.07, 6.45) is 6.21. The molecule has 0 saturated carbocycles. The first-order valence-corrected chi connectivity index (χ1v) is 6.57. The van der Waals surface area contributed by atoms with Crippen molar-refractivity contribution in [3.8, 4) is 0 Å². The van der Waals surface area contributed by atoms with E-state index in [9.17, 15) is 0 Å². The van der Waals surface area contributed by atoms with Crippen molar-refractivity contribution in [3.63, 3.8) is 0 Å². The van der Waals surface area contributed by atoms with Crippen LogP contribution in [0.2, 0.25) is 0 Å². The number of rotatable bonds is 4. The molecule has 1 aromatic rings. The molecule has 1 heteroatoms. The first-order valence-electron chi connectivity index (χ1n) is 6.57. The topological polar surface area (TPSA) is 26.0 Å². The molecule has 0 aromatic heterocycles. The van der Waals surface area contributed by atoms with Crippen LogP contribution < -0.4 is 5.73 Å². The van der Waals surface area contributed by atoms with E-state index in [0.717, 1.165) is 6.42 Å². The molecule has 1 aliphatic carbocycles. The summed E-state index contributed by atoms with van der Waals surface area (Å²) in [5.74, 6) is 0.624. The minimum atomic E-state index is 0.304. The third kappa shape index (κ3) is 2.46. The van der Waals surface area contributed by atoms with E-state index in [2.05, 4.69) is 32.0 Å². The van der Waals surface area contributed by atoms with Crippen LogP contribution in [-0.2, 0) is 19.3 Å². The smallest absolute Gasteiger partial charge is 0.00418 e. The molecule has 2 unspecified atom stereocenters. The lowest BCUT2D eigenvalue weighted by atomic mass is 9.90. The fourth-order valence-corrected chi connectivity index (χ4v) is 2.76. The molecule has 0 bridgehead atoms. The highest BCUT2D eigenvalue weighted by Gasteiger charge is 2.15. The molecule has 0 saturated heterocycles. The minimum Gasteiger partial charge on any atom is -0.328 e. The van der Waals surface area contributed by atoms with Crippen molar-refractivity contribution in [3.05, 3.63) is 34.9 Å². The zero-order valence-electron chi connectivity index (χ0n) is 10.5. The van der Waals surface area contributed by atoms with E-state index in [1.54, 1.807) is 11.1 Å². The maximum atomic E-state index is 6.01. The number of aryl methyl sites for hydroxylation is 2. The van der Waals surface area contributed by atoms with Gasteiger partial charge in [0.15, 0.2) is 0 Å². The van der Waals surface area contributed by atoms with Crippen molar-refractivity contribution >= 4 is 0 Å². The van der Waals surface area contributed by atoms with Crippen LogP contribution in [0.5, 0.6) is 0 Å². The van der Waals surface area contributed by atoms with Gasteiger partial charge in [-0.05, 0) is 55.2 Å². The summed E-state index contributed by atoms with van der Waals surface area (Å²) in [5, 5.41) is 0. The predicted molar refractivity (Wildman–Crippen MR) is 69.6 cm³/mol. The van der Waals surface area contributed by atoms with Crippen molar-refractivity contribution in [1.29, 1.82) is 0 Å². The molecule has 0 radical (unpaired) electrons. The molecular formula is C15H23N. The summed E-state index contributed by atoms with van der Waals surface area (Å²) in [5.41, 5.74) is 10.6. The Morgan fingerprint density at radius 3 is 2.69 bits per heavy atom. The fourth-order valence-electron chi connectivity index (χ4n) is 2.76. The quantitative estimate of drug-likeness (QED) is 0.824. The lowest BCUT2D eigenvalue weighted by molar-refractivity contribution is 0.427. The minimum absolute atomic E-state index is 0.304. The highest BCUT2D eigenvalue weighted by Crippen LogP contribution is 2.24. The number of fused-ring (bicyclic) bond motifs is 1. The molecule has 0 spiro atoms. The van der Waals surface area contributed by atoms with Gasteiger partial charge in [-0.25, -0.2) is 0 Å². The van der Waals surface area contributed by atoms with E-state index >= 15 is 0 Å². The number of benzene rings is 1. The van der Waals surface area contributed by atoms with Crippen LogP contribution in [0.1, 0.15) is 43.4 Å². The largest absolute Gasteiger partial charge is 0.328 e.